The SMILES string of the molecule is CCCCC(C)(C)N(CC=Cc1ccccc1)CC=Cc1ccccc1. The first-order valence-corrected chi connectivity index (χ1v) is 9.80. The zero-order valence-electron chi connectivity index (χ0n) is 16.6. The second kappa shape index (κ2) is 10.8. The summed E-state index contributed by atoms with van der Waals surface area (Å²) >= 11 is 0. The monoisotopic (exact) mass is 347 g/mol. The molecular formula is C25H33N. The van der Waals surface area contributed by atoms with Gasteiger partial charge >= 0.3 is 0 Å². The van der Waals surface area contributed by atoms with Crippen LogP contribution in [-0.2, 0) is 0 Å². The average Bonchev–Trinajstić information content (AvgIpc) is 2.67. The van der Waals surface area contributed by atoms with Crippen LogP contribution in [0.4, 0.5) is 0 Å². The Balaban J connectivity index is 2.03. The van der Waals surface area contributed by atoms with Crippen molar-refractivity contribution in [2.24, 2.45) is 0 Å². The van der Waals surface area contributed by atoms with E-state index in [2.05, 4.69) is 111 Å². The molecule has 0 unspecified atom stereocenters. The molecule has 0 aromatic heterocycles. The second-order valence-electron chi connectivity index (χ2n) is 7.45. The van der Waals surface area contributed by atoms with E-state index in [0.29, 0.717) is 0 Å². The lowest BCUT2D eigenvalue weighted by Crippen LogP contribution is -2.44. The van der Waals surface area contributed by atoms with Crippen molar-refractivity contribution in [3.8, 4) is 0 Å². The van der Waals surface area contributed by atoms with Gasteiger partial charge in [0, 0.05) is 18.6 Å². The standard InChI is InChI=1S/C25H33N/c1-4-5-20-25(2,3)26(21-12-18-23-14-8-6-9-15-23)22-13-19-24-16-10-7-11-17-24/h6-19H,4-5,20-22H2,1-3H3. The van der Waals surface area contributed by atoms with Gasteiger partial charge in [-0.3, -0.25) is 4.90 Å². The van der Waals surface area contributed by atoms with Crippen molar-refractivity contribution in [2.45, 2.75) is 45.6 Å². The minimum absolute atomic E-state index is 0.193. The smallest absolute Gasteiger partial charge is 0.0175 e. The fraction of sp³-hybridized carbons (Fsp3) is 0.360. The average molecular weight is 348 g/mol. The summed E-state index contributed by atoms with van der Waals surface area (Å²) in [7, 11) is 0. The lowest BCUT2D eigenvalue weighted by Gasteiger charge is -2.37. The van der Waals surface area contributed by atoms with Crippen molar-refractivity contribution in [3.05, 3.63) is 83.9 Å². The van der Waals surface area contributed by atoms with E-state index < -0.39 is 0 Å². The molecule has 0 aliphatic heterocycles. The minimum Gasteiger partial charge on any atom is -0.291 e. The zero-order valence-corrected chi connectivity index (χ0v) is 16.6. The number of hydrogen-bond donors (Lipinski definition) is 0. The molecule has 138 valence electrons. The van der Waals surface area contributed by atoms with E-state index >= 15 is 0 Å². The van der Waals surface area contributed by atoms with Gasteiger partial charge in [-0.1, -0.05) is 105 Å². The number of hydrogen-bond acceptors (Lipinski definition) is 1. The van der Waals surface area contributed by atoms with Crippen LogP contribution in [-0.4, -0.2) is 23.5 Å². The molecule has 1 heteroatoms. The van der Waals surface area contributed by atoms with Crippen LogP contribution in [0.1, 0.15) is 51.2 Å². The minimum atomic E-state index is 0.193. The third kappa shape index (κ3) is 7.01. The summed E-state index contributed by atoms with van der Waals surface area (Å²) in [5.74, 6) is 0. The highest BCUT2D eigenvalue weighted by Gasteiger charge is 2.24. The molecule has 0 N–H and O–H groups in total. The fourth-order valence-corrected chi connectivity index (χ4v) is 3.10. The lowest BCUT2D eigenvalue weighted by molar-refractivity contribution is 0.139. The molecule has 0 fully saturated rings. The maximum Gasteiger partial charge on any atom is 0.0175 e. The van der Waals surface area contributed by atoms with E-state index in [1.807, 2.05) is 0 Å². The van der Waals surface area contributed by atoms with Crippen LogP contribution < -0.4 is 0 Å². The molecular weight excluding hydrogens is 314 g/mol. The summed E-state index contributed by atoms with van der Waals surface area (Å²) in [5, 5.41) is 0. The first kappa shape index (κ1) is 20.2. The van der Waals surface area contributed by atoms with E-state index in [-0.39, 0.29) is 5.54 Å². The maximum atomic E-state index is 2.57. The number of nitrogens with zero attached hydrogens (tertiary/aromatic N) is 1. The van der Waals surface area contributed by atoms with Crippen molar-refractivity contribution in [2.75, 3.05) is 13.1 Å². The third-order valence-electron chi connectivity index (χ3n) is 4.87. The lowest BCUT2D eigenvalue weighted by atomic mass is 9.94. The molecule has 2 aromatic carbocycles. The van der Waals surface area contributed by atoms with E-state index in [1.165, 1.54) is 30.4 Å². The van der Waals surface area contributed by atoms with Gasteiger partial charge in [-0.15, -0.1) is 0 Å². The second-order valence-corrected chi connectivity index (χ2v) is 7.45. The van der Waals surface area contributed by atoms with Crippen molar-refractivity contribution in [1.29, 1.82) is 0 Å². The summed E-state index contributed by atoms with van der Waals surface area (Å²) in [6, 6.07) is 21.1. The number of benzene rings is 2. The predicted octanol–water partition coefficient (Wildman–Crippen LogP) is 6.68. The Morgan fingerprint density at radius 2 is 1.23 bits per heavy atom. The van der Waals surface area contributed by atoms with E-state index in [1.54, 1.807) is 0 Å². The van der Waals surface area contributed by atoms with Crippen LogP contribution >= 0.6 is 0 Å². The molecule has 0 atom stereocenters. The van der Waals surface area contributed by atoms with Gasteiger partial charge in [0.2, 0.25) is 0 Å². The maximum absolute atomic E-state index is 2.57. The van der Waals surface area contributed by atoms with Crippen molar-refractivity contribution < 1.29 is 0 Å². The molecule has 0 heterocycles. The Morgan fingerprint density at radius 3 is 1.65 bits per heavy atom. The van der Waals surface area contributed by atoms with Crippen LogP contribution in [0.25, 0.3) is 12.2 Å². The van der Waals surface area contributed by atoms with Crippen molar-refractivity contribution >= 4 is 12.2 Å². The van der Waals surface area contributed by atoms with Crippen LogP contribution in [0.3, 0.4) is 0 Å². The Labute approximate surface area is 160 Å². The highest BCUT2D eigenvalue weighted by atomic mass is 15.2. The van der Waals surface area contributed by atoms with Gasteiger partial charge in [0.05, 0.1) is 0 Å². The van der Waals surface area contributed by atoms with E-state index in [9.17, 15) is 0 Å². The highest BCUT2D eigenvalue weighted by Crippen LogP contribution is 2.22. The molecule has 0 spiro atoms. The Bertz CT molecular complexity index is 616. The van der Waals surface area contributed by atoms with E-state index in [4.69, 9.17) is 0 Å². The predicted molar refractivity (Wildman–Crippen MR) is 116 cm³/mol. The number of rotatable bonds is 10. The van der Waals surface area contributed by atoms with Gasteiger partial charge in [0.1, 0.15) is 0 Å². The topological polar surface area (TPSA) is 3.24 Å². The van der Waals surface area contributed by atoms with Gasteiger partial charge in [-0.2, -0.15) is 0 Å². The Morgan fingerprint density at radius 1 is 0.769 bits per heavy atom. The molecule has 26 heavy (non-hydrogen) atoms. The fourth-order valence-electron chi connectivity index (χ4n) is 3.10. The van der Waals surface area contributed by atoms with Gasteiger partial charge in [-0.25, -0.2) is 0 Å². The molecule has 1 nitrogen and oxygen atoms in total. The molecule has 0 radical (unpaired) electrons. The van der Waals surface area contributed by atoms with Crippen LogP contribution in [0.15, 0.2) is 72.8 Å². The molecule has 0 aliphatic carbocycles. The Kier molecular flexibility index (Phi) is 8.37. The molecule has 0 amide bonds. The summed E-state index contributed by atoms with van der Waals surface area (Å²) in [6.45, 7) is 8.94. The Hall–Kier alpha value is -2.12. The van der Waals surface area contributed by atoms with Gasteiger partial charge < -0.3 is 0 Å². The third-order valence-corrected chi connectivity index (χ3v) is 4.87. The van der Waals surface area contributed by atoms with Crippen molar-refractivity contribution in [1.82, 2.24) is 4.90 Å². The van der Waals surface area contributed by atoms with Crippen molar-refractivity contribution in [3.63, 3.8) is 0 Å². The normalized spacial score (nSPS) is 12.5. The summed E-state index contributed by atoms with van der Waals surface area (Å²) in [4.78, 5) is 2.57. The zero-order chi connectivity index (χ0) is 18.7. The van der Waals surface area contributed by atoms with Gasteiger partial charge in [0.15, 0.2) is 0 Å². The molecule has 0 saturated carbocycles. The molecule has 2 rings (SSSR count). The van der Waals surface area contributed by atoms with Crippen LogP contribution in [0.5, 0.6) is 0 Å². The summed E-state index contributed by atoms with van der Waals surface area (Å²) in [6.07, 6.45) is 12.8. The molecule has 2 aromatic rings. The molecule has 0 aliphatic rings. The van der Waals surface area contributed by atoms with Gasteiger partial charge in [-0.05, 0) is 31.4 Å². The summed E-state index contributed by atoms with van der Waals surface area (Å²) < 4.78 is 0. The highest BCUT2D eigenvalue weighted by molar-refractivity contribution is 5.49. The molecule has 0 saturated heterocycles. The largest absolute Gasteiger partial charge is 0.291 e. The summed E-state index contributed by atoms with van der Waals surface area (Å²) in [5.41, 5.74) is 2.72. The van der Waals surface area contributed by atoms with E-state index in [0.717, 1.165) is 13.1 Å². The first-order chi connectivity index (χ1) is 12.6. The molecule has 0 bridgehead atoms. The number of unbranched alkanes of at least 4 members (excludes halogenated alkanes) is 1. The van der Waals surface area contributed by atoms with Crippen LogP contribution in [0, 0.1) is 0 Å². The van der Waals surface area contributed by atoms with Gasteiger partial charge in [0.25, 0.3) is 0 Å². The quantitative estimate of drug-likeness (QED) is 0.463. The first-order valence-electron chi connectivity index (χ1n) is 9.80. The van der Waals surface area contributed by atoms with Crippen LogP contribution in [0.2, 0.25) is 0 Å².